The van der Waals surface area contributed by atoms with Crippen LogP contribution in [0.5, 0.6) is 0 Å². The van der Waals surface area contributed by atoms with E-state index in [2.05, 4.69) is 23.7 Å². The summed E-state index contributed by atoms with van der Waals surface area (Å²) in [5, 5.41) is 17.6. The average Bonchev–Trinajstić information content (AvgIpc) is 2.73. The minimum Gasteiger partial charge on any atom is -0.204 e. The Morgan fingerprint density at radius 2 is 0.889 bits per heavy atom. The molecule has 0 saturated heterocycles. The van der Waals surface area contributed by atoms with Crippen molar-refractivity contribution in [3.8, 4) is 35.8 Å². The molecule has 3 heteroatoms. The second-order valence-corrected chi connectivity index (χ2v) is 5.55. The SMILES string of the molecule is N#Cc1ccc(C#Cc2cccc(C#Cc3ccc(C#N)cc3)c2F)cc1. The van der Waals surface area contributed by atoms with Gasteiger partial charge < -0.3 is 0 Å². The quantitative estimate of drug-likeness (QED) is 0.568. The lowest BCUT2D eigenvalue weighted by molar-refractivity contribution is 0.621. The molecule has 27 heavy (non-hydrogen) atoms. The zero-order chi connectivity index (χ0) is 19.1. The van der Waals surface area contributed by atoms with Crippen LogP contribution in [0.2, 0.25) is 0 Å². The monoisotopic (exact) mass is 346 g/mol. The number of hydrogen-bond donors (Lipinski definition) is 0. The maximum atomic E-state index is 14.6. The highest BCUT2D eigenvalue weighted by atomic mass is 19.1. The summed E-state index contributed by atoms with van der Waals surface area (Å²) in [6.07, 6.45) is 0. The molecule has 0 fully saturated rings. The van der Waals surface area contributed by atoms with Crippen LogP contribution in [0.1, 0.15) is 33.4 Å². The van der Waals surface area contributed by atoms with E-state index in [4.69, 9.17) is 10.5 Å². The van der Waals surface area contributed by atoms with Crippen LogP contribution in [-0.2, 0) is 0 Å². The van der Waals surface area contributed by atoms with Gasteiger partial charge in [0, 0.05) is 11.1 Å². The molecule has 0 spiro atoms. The van der Waals surface area contributed by atoms with Crippen LogP contribution < -0.4 is 0 Å². The zero-order valence-corrected chi connectivity index (χ0v) is 14.1. The Kier molecular flexibility index (Phi) is 5.31. The Hall–Kier alpha value is -4.31. The molecule has 0 atom stereocenters. The van der Waals surface area contributed by atoms with Gasteiger partial charge in [0.25, 0.3) is 0 Å². The fraction of sp³-hybridized carbons (Fsp3) is 0. The van der Waals surface area contributed by atoms with Crippen molar-refractivity contribution in [2.75, 3.05) is 0 Å². The average molecular weight is 346 g/mol. The lowest BCUT2D eigenvalue weighted by atomic mass is 10.1. The molecule has 0 bridgehead atoms. The van der Waals surface area contributed by atoms with Crippen LogP contribution in [-0.4, -0.2) is 0 Å². The van der Waals surface area contributed by atoms with Crippen molar-refractivity contribution in [2.24, 2.45) is 0 Å². The van der Waals surface area contributed by atoms with Crippen LogP contribution in [0.15, 0.2) is 66.7 Å². The minimum absolute atomic E-state index is 0.256. The van der Waals surface area contributed by atoms with E-state index < -0.39 is 5.82 Å². The summed E-state index contributed by atoms with van der Waals surface area (Å²) in [6.45, 7) is 0. The number of hydrogen-bond acceptors (Lipinski definition) is 2. The van der Waals surface area contributed by atoms with Gasteiger partial charge in [-0.1, -0.05) is 29.7 Å². The molecule has 0 unspecified atom stereocenters. The Morgan fingerprint density at radius 1 is 0.519 bits per heavy atom. The topological polar surface area (TPSA) is 47.6 Å². The first-order valence-corrected chi connectivity index (χ1v) is 8.02. The maximum Gasteiger partial charge on any atom is 0.154 e. The molecule has 0 aliphatic carbocycles. The molecule has 0 aliphatic rings. The van der Waals surface area contributed by atoms with E-state index in [1.807, 2.05) is 12.1 Å². The van der Waals surface area contributed by atoms with Gasteiger partial charge in [0.05, 0.1) is 34.4 Å². The number of halogens is 1. The fourth-order valence-corrected chi connectivity index (χ4v) is 2.26. The van der Waals surface area contributed by atoms with Crippen LogP contribution in [0.3, 0.4) is 0 Å². The number of benzene rings is 3. The third-order valence-corrected chi connectivity index (χ3v) is 3.71. The van der Waals surface area contributed by atoms with Crippen molar-refractivity contribution in [3.05, 3.63) is 106 Å². The van der Waals surface area contributed by atoms with Crippen molar-refractivity contribution in [3.63, 3.8) is 0 Å². The van der Waals surface area contributed by atoms with E-state index in [-0.39, 0.29) is 11.1 Å². The van der Waals surface area contributed by atoms with Crippen LogP contribution in [0.25, 0.3) is 0 Å². The van der Waals surface area contributed by atoms with E-state index in [1.165, 1.54) is 0 Å². The molecule has 0 aromatic heterocycles. The largest absolute Gasteiger partial charge is 0.204 e. The molecule has 0 radical (unpaired) electrons. The Labute approximate surface area is 157 Å². The highest BCUT2D eigenvalue weighted by molar-refractivity contribution is 5.51. The lowest BCUT2D eigenvalue weighted by Gasteiger charge is -1.98. The molecule has 0 saturated carbocycles. The van der Waals surface area contributed by atoms with Gasteiger partial charge in [-0.25, -0.2) is 4.39 Å². The van der Waals surface area contributed by atoms with Gasteiger partial charge in [-0.15, -0.1) is 0 Å². The summed E-state index contributed by atoms with van der Waals surface area (Å²) < 4.78 is 14.6. The normalized spacial score (nSPS) is 9.00. The van der Waals surface area contributed by atoms with Gasteiger partial charge in [-0.3, -0.25) is 0 Å². The molecular weight excluding hydrogens is 335 g/mol. The van der Waals surface area contributed by atoms with E-state index in [0.717, 1.165) is 0 Å². The van der Waals surface area contributed by atoms with Crippen molar-refractivity contribution in [1.29, 1.82) is 10.5 Å². The highest BCUT2D eigenvalue weighted by Crippen LogP contribution is 2.12. The van der Waals surface area contributed by atoms with Gasteiger partial charge in [-0.05, 0) is 60.7 Å². The number of nitriles is 2. The van der Waals surface area contributed by atoms with Gasteiger partial charge in [0.15, 0.2) is 5.82 Å². The third-order valence-electron chi connectivity index (χ3n) is 3.71. The molecule has 0 N–H and O–H groups in total. The smallest absolute Gasteiger partial charge is 0.154 e. The summed E-state index contributed by atoms with van der Waals surface area (Å²) in [5.74, 6) is 10.9. The van der Waals surface area contributed by atoms with Crippen LogP contribution in [0, 0.1) is 52.2 Å². The molecule has 0 aliphatic heterocycles. The molecule has 0 amide bonds. The van der Waals surface area contributed by atoms with E-state index in [0.29, 0.717) is 22.3 Å². The predicted molar refractivity (Wildman–Crippen MR) is 101 cm³/mol. The summed E-state index contributed by atoms with van der Waals surface area (Å²) >= 11 is 0. The third kappa shape index (κ3) is 4.41. The maximum absolute atomic E-state index is 14.6. The van der Waals surface area contributed by atoms with Gasteiger partial charge in [-0.2, -0.15) is 10.5 Å². The Morgan fingerprint density at radius 3 is 1.26 bits per heavy atom. The second kappa shape index (κ2) is 8.18. The van der Waals surface area contributed by atoms with Crippen molar-refractivity contribution in [1.82, 2.24) is 0 Å². The second-order valence-electron chi connectivity index (χ2n) is 5.55. The number of nitrogens with zero attached hydrogens (tertiary/aromatic N) is 2. The standard InChI is InChI=1S/C24H11FN2/c25-24-22(14-12-18-4-8-20(16-26)9-5-18)2-1-3-23(24)15-13-19-6-10-21(17-27)11-7-19/h1-11H. The molecule has 124 valence electrons. The van der Waals surface area contributed by atoms with E-state index in [1.54, 1.807) is 66.7 Å². The first kappa shape index (κ1) is 17.5. The van der Waals surface area contributed by atoms with E-state index >= 15 is 0 Å². The summed E-state index contributed by atoms with van der Waals surface area (Å²) in [5.41, 5.74) is 3.00. The number of rotatable bonds is 0. The first-order valence-electron chi connectivity index (χ1n) is 8.02. The van der Waals surface area contributed by atoms with Crippen LogP contribution >= 0.6 is 0 Å². The van der Waals surface area contributed by atoms with Gasteiger partial charge in [0.2, 0.25) is 0 Å². The molecule has 3 rings (SSSR count). The fourth-order valence-electron chi connectivity index (χ4n) is 2.26. The zero-order valence-electron chi connectivity index (χ0n) is 14.1. The molecule has 3 aromatic carbocycles. The minimum atomic E-state index is -0.472. The van der Waals surface area contributed by atoms with Crippen molar-refractivity contribution in [2.45, 2.75) is 0 Å². The molecular formula is C24H11FN2. The predicted octanol–water partition coefficient (Wildman–Crippen LogP) is 4.37. The lowest BCUT2D eigenvalue weighted by Crippen LogP contribution is -1.89. The van der Waals surface area contributed by atoms with Gasteiger partial charge >= 0.3 is 0 Å². The first-order chi connectivity index (χ1) is 13.2. The summed E-state index contributed by atoms with van der Waals surface area (Å²) in [6, 6.07) is 22.5. The van der Waals surface area contributed by atoms with Crippen LogP contribution in [0.4, 0.5) is 4.39 Å². The molecule has 2 nitrogen and oxygen atoms in total. The summed E-state index contributed by atoms with van der Waals surface area (Å²) in [4.78, 5) is 0. The van der Waals surface area contributed by atoms with Crippen molar-refractivity contribution < 1.29 is 4.39 Å². The Bertz CT molecular complexity index is 1090. The molecule has 0 heterocycles. The van der Waals surface area contributed by atoms with Gasteiger partial charge in [0.1, 0.15) is 0 Å². The highest BCUT2D eigenvalue weighted by Gasteiger charge is 2.04. The van der Waals surface area contributed by atoms with E-state index in [9.17, 15) is 4.39 Å². The Balaban J connectivity index is 1.86. The summed E-state index contributed by atoms with van der Waals surface area (Å²) in [7, 11) is 0. The van der Waals surface area contributed by atoms with Crippen molar-refractivity contribution >= 4 is 0 Å². The molecule has 3 aromatic rings.